The fourth-order valence-corrected chi connectivity index (χ4v) is 4.01. The lowest BCUT2D eigenvalue weighted by Gasteiger charge is -2.17. The second kappa shape index (κ2) is 7.76. The van der Waals surface area contributed by atoms with E-state index in [9.17, 15) is 31.7 Å². The summed E-state index contributed by atoms with van der Waals surface area (Å²) in [6.45, 7) is 1.39. The molecule has 2 aromatic rings. The highest BCUT2D eigenvalue weighted by Gasteiger charge is 2.35. The zero-order valence-electron chi connectivity index (χ0n) is 15.2. The summed E-state index contributed by atoms with van der Waals surface area (Å²) in [5.74, 6) is -2.31. The van der Waals surface area contributed by atoms with Crippen LogP contribution >= 0.6 is 0 Å². The Balaban J connectivity index is 1.92. The van der Waals surface area contributed by atoms with Crippen molar-refractivity contribution < 1.29 is 36.4 Å². The van der Waals surface area contributed by atoms with Crippen molar-refractivity contribution in [3.8, 4) is 5.75 Å². The Labute approximate surface area is 165 Å². The summed E-state index contributed by atoms with van der Waals surface area (Å²) < 4.78 is 74.1. The van der Waals surface area contributed by atoms with Gasteiger partial charge in [-0.1, -0.05) is 0 Å². The largest absolute Gasteiger partial charge is 0.488 e. The third-order valence-corrected chi connectivity index (χ3v) is 5.50. The smallest absolute Gasteiger partial charge is 0.419 e. The van der Waals surface area contributed by atoms with Crippen LogP contribution in [0.1, 0.15) is 23.0 Å². The van der Waals surface area contributed by atoms with E-state index >= 15 is 0 Å². The zero-order valence-corrected chi connectivity index (χ0v) is 16.0. The first-order chi connectivity index (χ1) is 13.5. The van der Waals surface area contributed by atoms with Gasteiger partial charge in [-0.05, 0) is 25.1 Å². The maximum absolute atomic E-state index is 13.4. The molecule has 1 aliphatic heterocycles. The summed E-state index contributed by atoms with van der Waals surface area (Å²) in [4.78, 5) is 12.8. The minimum absolute atomic E-state index is 0.0165. The molecule has 12 heteroatoms. The van der Waals surface area contributed by atoms with Crippen LogP contribution in [0.5, 0.6) is 5.75 Å². The van der Waals surface area contributed by atoms with Crippen LogP contribution in [0.25, 0.3) is 0 Å². The number of nitrogens with one attached hydrogen (secondary N) is 2. The molecule has 1 amide bonds. The molecule has 0 fully saturated rings. The number of anilines is 1. The number of aromatic nitrogens is 1. The number of carbonyl (C=O) groups is 1. The minimum Gasteiger partial charge on any atom is -0.488 e. The average Bonchev–Trinajstić information content (AvgIpc) is 2.86. The van der Waals surface area contributed by atoms with Crippen molar-refractivity contribution in [2.24, 2.45) is 7.05 Å². The number of aliphatic hydroxyl groups excluding tert-OH is 1. The number of amides is 1. The van der Waals surface area contributed by atoms with E-state index in [-0.39, 0.29) is 28.6 Å². The molecule has 2 heterocycles. The van der Waals surface area contributed by atoms with Crippen molar-refractivity contribution >= 4 is 22.6 Å². The van der Waals surface area contributed by atoms with Crippen molar-refractivity contribution in [2.45, 2.75) is 30.1 Å². The fraction of sp³-hybridized carbons (Fsp3) is 0.353. The van der Waals surface area contributed by atoms with Crippen molar-refractivity contribution in [1.29, 1.82) is 0 Å². The summed E-state index contributed by atoms with van der Waals surface area (Å²) >= 11 is 0. The number of nitrogens with zero attached hydrogens (tertiary/aromatic N) is 1. The normalized spacial score (nSPS) is 20.4. The monoisotopic (exact) mass is 435 g/mol. The highest BCUT2D eigenvalue weighted by Crippen LogP contribution is 2.34. The first-order valence-electron chi connectivity index (χ1n) is 8.35. The van der Waals surface area contributed by atoms with Gasteiger partial charge in [-0.2, -0.15) is 13.2 Å². The standard InChI is InChI=1S/C17H17F4N3O4S/c1-8(25)12-7-28-15-13(29(27)23-12)6-24(2)14(15)16(26)22-9-3-4-11(18)10(5-9)17(19,20)21/h3-6,8,12,23,25H,7H2,1-2H3,(H,22,26). The van der Waals surface area contributed by atoms with E-state index in [0.29, 0.717) is 12.1 Å². The predicted molar refractivity (Wildman–Crippen MR) is 95.3 cm³/mol. The van der Waals surface area contributed by atoms with Gasteiger partial charge in [-0.15, -0.1) is 0 Å². The second-order valence-corrected chi connectivity index (χ2v) is 7.69. The summed E-state index contributed by atoms with van der Waals surface area (Å²) in [7, 11) is -0.314. The Morgan fingerprint density at radius 2 is 2.14 bits per heavy atom. The van der Waals surface area contributed by atoms with Crippen molar-refractivity contribution in [3.63, 3.8) is 0 Å². The van der Waals surface area contributed by atoms with Gasteiger partial charge in [-0.25, -0.2) is 13.3 Å². The molecule has 1 aliphatic rings. The molecule has 0 aliphatic carbocycles. The first-order valence-corrected chi connectivity index (χ1v) is 9.50. The maximum atomic E-state index is 13.4. The van der Waals surface area contributed by atoms with E-state index < -0.39 is 46.6 Å². The van der Waals surface area contributed by atoms with Gasteiger partial charge in [0, 0.05) is 18.9 Å². The number of hydrogen-bond acceptors (Lipinski definition) is 4. The van der Waals surface area contributed by atoms with Gasteiger partial charge < -0.3 is 19.7 Å². The first kappa shape index (κ1) is 21.3. The lowest BCUT2D eigenvalue weighted by Crippen LogP contribution is -2.42. The van der Waals surface area contributed by atoms with Crippen LogP contribution in [0.2, 0.25) is 0 Å². The Kier molecular flexibility index (Phi) is 5.70. The van der Waals surface area contributed by atoms with Crippen molar-refractivity contribution in [2.75, 3.05) is 11.9 Å². The number of rotatable bonds is 3. The van der Waals surface area contributed by atoms with Crippen LogP contribution in [-0.2, 0) is 24.2 Å². The van der Waals surface area contributed by atoms with Crippen LogP contribution in [0.15, 0.2) is 29.3 Å². The maximum Gasteiger partial charge on any atom is 0.419 e. The SMILES string of the molecule is CC(O)C1COc2c(cn(C)c2C(=O)Nc2ccc(F)c(C(F)(F)F)c2)S(=O)N1. The topological polar surface area (TPSA) is 92.6 Å². The summed E-state index contributed by atoms with van der Waals surface area (Å²) in [5.41, 5.74) is -1.87. The van der Waals surface area contributed by atoms with Crippen LogP contribution in [0, 0.1) is 5.82 Å². The number of hydrogen-bond donors (Lipinski definition) is 3. The number of ether oxygens (including phenoxy) is 1. The quantitative estimate of drug-likeness (QED) is 0.645. The molecule has 29 heavy (non-hydrogen) atoms. The third kappa shape index (κ3) is 4.28. The number of aliphatic hydroxyl groups is 1. The molecule has 3 unspecified atom stereocenters. The van der Waals surface area contributed by atoms with E-state index in [2.05, 4.69) is 10.0 Å². The lowest BCUT2D eigenvalue weighted by atomic mass is 10.1. The summed E-state index contributed by atoms with van der Waals surface area (Å²) in [6.07, 6.45) is -4.42. The lowest BCUT2D eigenvalue weighted by molar-refractivity contribution is -0.139. The van der Waals surface area contributed by atoms with E-state index in [1.54, 1.807) is 0 Å². The molecule has 0 bridgehead atoms. The van der Waals surface area contributed by atoms with Gasteiger partial charge in [0.15, 0.2) is 11.4 Å². The van der Waals surface area contributed by atoms with E-state index in [1.165, 1.54) is 24.7 Å². The zero-order chi connectivity index (χ0) is 21.5. The Morgan fingerprint density at radius 1 is 1.45 bits per heavy atom. The van der Waals surface area contributed by atoms with Crippen LogP contribution < -0.4 is 14.8 Å². The van der Waals surface area contributed by atoms with E-state index in [1.807, 2.05) is 0 Å². The molecule has 3 atom stereocenters. The number of aryl methyl sites for hydroxylation is 1. The molecule has 158 valence electrons. The number of halogens is 4. The molecular weight excluding hydrogens is 418 g/mol. The summed E-state index contributed by atoms with van der Waals surface area (Å²) in [6, 6.07) is 1.43. The highest BCUT2D eigenvalue weighted by atomic mass is 32.2. The Hall–Kier alpha value is -2.44. The van der Waals surface area contributed by atoms with Gasteiger partial charge >= 0.3 is 6.18 Å². The predicted octanol–water partition coefficient (Wildman–Crippen LogP) is 2.19. The van der Waals surface area contributed by atoms with Crippen LogP contribution in [0.4, 0.5) is 23.2 Å². The molecule has 0 saturated heterocycles. The van der Waals surface area contributed by atoms with Crippen molar-refractivity contribution in [3.05, 3.63) is 41.5 Å². The minimum atomic E-state index is -4.92. The molecule has 3 rings (SSSR count). The van der Waals surface area contributed by atoms with Gasteiger partial charge in [0.05, 0.1) is 17.7 Å². The van der Waals surface area contributed by atoms with Crippen LogP contribution in [0.3, 0.4) is 0 Å². The molecule has 7 nitrogen and oxygen atoms in total. The fourth-order valence-electron chi connectivity index (χ4n) is 2.77. The molecule has 3 N–H and O–H groups in total. The highest BCUT2D eigenvalue weighted by molar-refractivity contribution is 7.83. The number of fused-ring (bicyclic) bond motifs is 1. The Bertz CT molecular complexity index is 974. The molecular formula is C17H17F4N3O4S. The second-order valence-electron chi connectivity index (χ2n) is 6.47. The average molecular weight is 435 g/mol. The third-order valence-electron chi connectivity index (χ3n) is 4.29. The molecule has 0 spiro atoms. The molecule has 0 radical (unpaired) electrons. The van der Waals surface area contributed by atoms with Crippen LogP contribution in [-0.4, -0.2) is 38.5 Å². The van der Waals surface area contributed by atoms with Gasteiger partial charge in [0.25, 0.3) is 5.91 Å². The van der Waals surface area contributed by atoms with Gasteiger partial charge in [0.2, 0.25) is 0 Å². The van der Waals surface area contributed by atoms with Gasteiger partial charge in [-0.3, -0.25) is 4.79 Å². The van der Waals surface area contributed by atoms with E-state index in [0.717, 1.165) is 6.07 Å². The number of benzene rings is 1. The Morgan fingerprint density at radius 3 is 2.76 bits per heavy atom. The van der Waals surface area contributed by atoms with Gasteiger partial charge in [0.1, 0.15) is 28.3 Å². The number of carbonyl (C=O) groups excluding carboxylic acids is 1. The summed E-state index contributed by atoms with van der Waals surface area (Å²) in [5, 5.41) is 12.0. The van der Waals surface area contributed by atoms with E-state index in [4.69, 9.17) is 4.74 Å². The number of alkyl halides is 3. The molecule has 1 aromatic carbocycles. The van der Waals surface area contributed by atoms with Crippen molar-refractivity contribution in [1.82, 2.24) is 9.29 Å². The molecule has 1 aromatic heterocycles. The molecule has 0 saturated carbocycles.